The van der Waals surface area contributed by atoms with E-state index in [9.17, 15) is 10.1 Å². The van der Waals surface area contributed by atoms with Crippen molar-refractivity contribution in [3.8, 4) is 11.8 Å². The molecule has 0 spiro atoms. The van der Waals surface area contributed by atoms with Crippen molar-refractivity contribution < 1.29 is 4.74 Å². The summed E-state index contributed by atoms with van der Waals surface area (Å²) < 4.78 is 6.92. The molecule has 1 aromatic heterocycles. The van der Waals surface area contributed by atoms with Crippen molar-refractivity contribution >= 4 is 10.9 Å². The Morgan fingerprint density at radius 1 is 1.03 bits per heavy atom. The first-order valence-electron chi connectivity index (χ1n) is 10.5. The summed E-state index contributed by atoms with van der Waals surface area (Å²) in [6, 6.07) is 27.6. The van der Waals surface area contributed by atoms with E-state index >= 15 is 0 Å². The highest BCUT2D eigenvalue weighted by Crippen LogP contribution is 2.28. The number of methoxy groups -OCH3 is 1. The second kappa shape index (κ2) is 9.36. The lowest BCUT2D eigenvalue weighted by Crippen LogP contribution is -2.26. The van der Waals surface area contributed by atoms with Crippen LogP contribution in [-0.2, 0) is 13.0 Å². The molecule has 0 saturated heterocycles. The van der Waals surface area contributed by atoms with Gasteiger partial charge < -0.3 is 9.30 Å². The van der Waals surface area contributed by atoms with Crippen molar-refractivity contribution in [3.63, 3.8) is 0 Å². The lowest BCUT2D eigenvalue weighted by Gasteiger charge is -2.19. The molecule has 1 atom stereocenters. The molecule has 0 N–H and O–H groups in total. The van der Waals surface area contributed by atoms with Crippen LogP contribution in [0.1, 0.15) is 28.2 Å². The molecule has 0 radical (unpaired) electrons. The lowest BCUT2D eigenvalue weighted by atomic mass is 9.88. The van der Waals surface area contributed by atoms with Gasteiger partial charge in [-0.2, -0.15) is 5.26 Å². The van der Waals surface area contributed by atoms with Gasteiger partial charge in [0.25, 0.3) is 5.56 Å². The molecule has 0 saturated carbocycles. The predicted molar refractivity (Wildman–Crippen MR) is 128 cm³/mol. The predicted octanol–water partition coefficient (Wildman–Crippen LogP) is 5.44. The average molecular weight is 421 g/mol. The van der Waals surface area contributed by atoms with Crippen LogP contribution >= 0.6 is 0 Å². The molecule has 0 unspecified atom stereocenters. The number of rotatable bonds is 7. The monoisotopic (exact) mass is 420 g/mol. The van der Waals surface area contributed by atoms with Crippen molar-refractivity contribution in [1.29, 1.82) is 5.26 Å². The van der Waals surface area contributed by atoms with Crippen LogP contribution < -0.4 is 10.3 Å². The van der Waals surface area contributed by atoms with Crippen molar-refractivity contribution in [2.75, 3.05) is 7.11 Å². The van der Waals surface area contributed by atoms with Crippen molar-refractivity contribution in [3.05, 3.63) is 124 Å². The number of benzene rings is 3. The Kier molecular flexibility index (Phi) is 6.19. The Bertz CT molecular complexity index is 1350. The summed E-state index contributed by atoms with van der Waals surface area (Å²) in [6.45, 7) is 4.38. The third kappa shape index (κ3) is 4.06. The molecule has 3 aromatic carbocycles. The van der Waals surface area contributed by atoms with Gasteiger partial charge in [0.05, 0.1) is 19.2 Å². The van der Waals surface area contributed by atoms with Gasteiger partial charge in [-0.15, -0.1) is 6.58 Å². The summed E-state index contributed by atoms with van der Waals surface area (Å²) >= 11 is 0. The van der Waals surface area contributed by atoms with E-state index in [1.165, 1.54) is 0 Å². The van der Waals surface area contributed by atoms with E-state index in [1.54, 1.807) is 11.7 Å². The summed E-state index contributed by atoms with van der Waals surface area (Å²) in [5, 5.41) is 10.9. The minimum absolute atomic E-state index is 0.00328. The zero-order valence-electron chi connectivity index (χ0n) is 18.0. The number of ether oxygens (including phenoxy) is 1. The van der Waals surface area contributed by atoms with Gasteiger partial charge in [0, 0.05) is 11.3 Å². The number of nitrogens with zero attached hydrogens (tertiary/aromatic N) is 2. The molecule has 0 aliphatic rings. The highest BCUT2D eigenvalue weighted by atomic mass is 16.5. The maximum absolute atomic E-state index is 13.5. The first kappa shape index (κ1) is 21.1. The Morgan fingerprint density at radius 3 is 2.38 bits per heavy atom. The van der Waals surface area contributed by atoms with Crippen LogP contribution in [0, 0.1) is 11.3 Å². The SMILES string of the molecule is C=C[C@H](Cc1c(C#N)c(=O)n(Cc2ccc(OC)cc2)c2ccccc12)c1ccccc1. The standard InChI is InChI=1S/C28H24N2O2/c1-3-21(22-9-5-4-6-10-22)17-25-24-11-7-8-12-27(24)30(28(31)26(25)18-29)19-20-13-15-23(32-2)16-14-20/h3-16,21H,1,17,19H2,2H3/t21-/m1/s1. The van der Waals surface area contributed by atoms with E-state index in [1.807, 2.05) is 84.9 Å². The van der Waals surface area contributed by atoms with Crippen LogP contribution in [0.3, 0.4) is 0 Å². The summed E-state index contributed by atoms with van der Waals surface area (Å²) in [4.78, 5) is 13.5. The molecule has 4 heteroatoms. The van der Waals surface area contributed by atoms with E-state index in [0.29, 0.717) is 13.0 Å². The van der Waals surface area contributed by atoms with Gasteiger partial charge in [-0.3, -0.25) is 4.79 Å². The number of allylic oxidation sites excluding steroid dienone is 1. The van der Waals surface area contributed by atoms with Crippen LogP contribution in [0.5, 0.6) is 5.75 Å². The zero-order chi connectivity index (χ0) is 22.5. The van der Waals surface area contributed by atoms with Crippen molar-refractivity contribution in [2.45, 2.75) is 18.9 Å². The Balaban J connectivity index is 1.85. The molecule has 0 bridgehead atoms. The van der Waals surface area contributed by atoms with Gasteiger partial charge >= 0.3 is 0 Å². The van der Waals surface area contributed by atoms with Crippen LogP contribution in [0.4, 0.5) is 0 Å². The molecular weight excluding hydrogens is 396 g/mol. The second-order valence-corrected chi connectivity index (χ2v) is 7.68. The van der Waals surface area contributed by atoms with E-state index < -0.39 is 0 Å². The first-order chi connectivity index (χ1) is 15.7. The average Bonchev–Trinajstić information content (AvgIpc) is 2.85. The topological polar surface area (TPSA) is 55.0 Å². The molecule has 0 aliphatic carbocycles. The van der Waals surface area contributed by atoms with Crippen LogP contribution in [0.15, 0.2) is 96.3 Å². The summed E-state index contributed by atoms with van der Waals surface area (Å²) in [6.07, 6.45) is 2.42. The first-order valence-corrected chi connectivity index (χ1v) is 10.5. The highest BCUT2D eigenvalue weighted by molar-refractivity contribution is 5.85. The summed E-state index contributed by atoms with van der Waals surface area (Å²) in [5.41, 5.74) is 3.58. The molecule has 4 nitrogen and oxygen atoms in total. The molecule has 0 amide bonds. The third-order valence-corrected chi connectivity index (χ3v) is 5.83. The fraction of sp³-hybridized carbons (Fsp3) is 0.143. The van der Waals surface area contributed by atoms with Crippen LogP contribution in [0.25, 0.3) is 10.9 Å². The summed E-state index contributed by atoms with van der Waals surface area (Å²) in [5.74, 6) is 0.763. The molecular formula is C28H24N2O2. The normalized spacial score (nSPS) is 11.6. The molecule has 0 aliphatic heterocycles. The van der Waals surface area contributed by atoms with E-state index in [0.717, 1.165) is 33.3 Å². The second-order valence-electron chi connectivity index (χ2n) is 7.68. The zero-order valence-corrected chi connectivity index (χ0v) is 18.0. The third-order valence-electron chi connectivity index (χ3n) is 5.83. The van der Waals surface area contributed by atoms with Gasteiger partial charge in [-0.1, -0.05) is 66.7 Å². The fourth-order valence-electron chi connectivity index (χ4n) is 4.13. The van der Waals surface area contributed by atoms with Crippen LogP contribution in [0.2, 0.25) is 0 Å². The van der Waals surface area contributed by atoms with Gasteiger partial charge in [0.1, 0.15) is 17.4 Å². The van der Waals surface area contributed by atoms with Gasteiger partial charge in [-0.05, 0) is 41.3 Å². The van der Waals surface area contributed by atoms with Crippen LogP contribution in [-0.4, -0.2) is 11.7 Å². The molecule has 32 heavy (non-hydrogen) atoms. The number of fused-ring (bicyclic) bond motifs is 1. The van der Waals surface area contributed by atoms with E-state index in [4.69, 9.17) is 4.74 Å². The van der Waals surface area contributed by atoms with E-state index in [-0.39, 0.29) is 17.0 Å². The molecule has 158 valence electrons. The Morgan fingerprint density at radius 2 is 1.72 bits per heavy atom. The molecule has 4 rings (SSSR count). The largest absolute Gasteiger partial charge is 0.497 e. The van der Waals surface area contributed by atoms with E-state index in [2.05, 4.69) is 12.6 Å². The number of pyridine rings is 1. The maximum atomic E-state index is 13.5. The highest BCUT2D eigenvalue weighted by Gasteiger charge is 2.20. The van der Waals surface area contributed by atoms with Gasteiger partial charge in [-0.25, -0.2) is 0 Å². The van der Waals surface area contributed by atoms with Crippen molar-refractivity contribution in [2.24, 2.45) is 0 Å². The minimum atomic E-state index is -0.270. The van der Waals surface area contributed by atoms with Gasteiger partial charge in [0.15, 0.2) is 0 Å². The Labute approximate surface area is 187 Å². The smallest absolute Gasteiger partial charge is 0.269 e. The molecule has 0 fully saturated rings. The molecule has 4 aromatic rings. The fourth-order valence-corrected chi connectivity index (χ4v) is 4.13. The summed E-state index contributed by atoms with van der Waals surface area (Å²) in [7, 11) is 1.62. The Hall–Kier alpha value is -4.10. The maximum Gasteiger partial charge on any atom is 0.269 e. The number of hydrogen-bond acceptors (Lipinski definition) is 3. The number of hydrogen-bond donors (Lipinski definition) is 0. The van der Waals surface area contributed by atoms with Gasteiger partial charge in [0.2, 0.25) is 0 Å². The van der Waals surface area contributed by atoms with Crippen molar-refractivity contribution in [1.82, 2.24) is 4.57 Å². The quantitative estimate of drug-likeness (QED) is 0.374. The lowest BCUT2D eigenvalue weighted by molar-refractivity contribution is 0.414. The minimum Gasteiger partial charge on any atom is -0.497 e. The number of nitriles is 1. The number of aromatic nitrogens is 1. The molecule has 1 heterocycles. The number of para-hydroxylation sites is 1.